The first-order valence-electron chi connectivity index (χ1n) is 18.6. The average Bonchev–Trinajstić information content (AvgIpc) is 3.26. The molecule has 9 aromatic carbocycles. The highest BCUT2D eigenvalue weighted by Crippen LogP contribution is 2.56. The van der Waals surface area contributed by atoms with Gasteiger partial charge in [0.25, 0.3) is 0 Å². The van der Waals surface area contributed by atoms with Crippen LogP contribution in [0.5, 0.6) is 0 Å². The lowest BCUT2D eigenvalue weighted by molar-refractivity contribution is 1.12. The van der Waals surface area contributed by atoms with Crippen LogP contribution in [-0.4, -0.2) is 0 Å². The molecule has 0 N–H and O–H groups in total. The van der Waals surface area contributed by atoms with Gasteiger partial charge in [-0.1, -0.05) is 156 Å². The van der Waals surface area contributed by atoms with Crippen LogP contribution in [0.4, 0.5) is 34.1 Å². The monoisotopic (exact) mass is 788 g/mol. The van der Waals surface area contributed by atoms with E-state index in [2.05, 4.69) is 204 Å². The fraction of sp³-hybridized carbons (Fsp3) is 0. The molecule has 0 unspecified atom stereocenters. The summed E-state index contributed by atoms with van der Waals surface area (Å²) in [6.45, 7) is 0. The average molecular weight is 789 g/mol. The number of anilines is 6. The third-order valence-electron chi connectivity index (χ3n) is 10.3. The molecule has 0 atom stereocenters. The Morgan fingerprint density at radius 3 is 1.02 bits per heavy atom. The molecule has 0 aromatic heterocycles. The van der Waals surface area contributed by atoms with Gasteiger partial charge in [0.1, 0.15) is 0 Å². The predicted octanol–water partition coefficient (Wildman–Crippen LogP) is 16.2. The summed E-state index contributed by atoms with van der Waals surface area (Å²) in [5.74, 6) is 0. The Balaban J connectivity index is 1.09. The Labute approximate surface area is 343 Å². The number of benzene rings is 9. The summed E-state index contributed by atoms with van der Waals surface area (Å²) in [7, 11) is 0. The third kappa shape index (κ3) is 5.87. The van der Waals surface area contributed by atoms with Crippen molar-refractivity contribution >= 4 is 103 Å². The second-order valence-corrected chi connectivity index (χ2v) is 18.0. The van der Waals surface area contributed by atoms with E-state index in [1.165, 1.54) is 72.1 Å². The lowest BCUT2D eigenvalue weighted by Crippen LogP contribution is -2.14. The van der Waals surface area contributed by atoms with Crippen molar-refractivity contribution in [2.24, 2.45) is 0 Å². The van der Waals surface area contributed by atoms with E-state index in [-0.39, 0.29) is 0 Å². The summed E-state index contributed by atoms with van der Waals surface area (Å²) >= 11 is 7.46. The van der Waals surface area contributed by atoms with Gasteiger partial charge in [-0.15, -0.1) is 0 Å². The van der Waals surface area contributed by atoms with Crippen molar-refractivity contribution in [3.05, 3.63) is 194 Å². The fourth-order valence-electron chi connectivity index (χ4n) is 7.79. The van der Waals surface area contributed by atoms with Gasteiger partial charge in [-0.2, -0.15) is 0 Å². The zero-order valence-electron chi connectivity index (χ0n) is 30.0. The van der Waals surface area contributed by atoms with E-state index in [1.807, 2.05) is 47.0 Å². The first-order chi connectivity index (χ1) is 27.8. The number of nitrogens with zero attached hydrogens (tertiary/aromatic N) is 2. The molecule has 2 nitrogen and oxygen atoms in total. The van der Waals surface area contributed by atoms with Gasteiger partial charge in [-0.05, 0) is 95.7 Å². The molecular weight excluding hydrogens is 757 g/mol. The zero-order valence-corrected chi connectivity index (χ0v) is 33.3. The van der Waals surface area contributed by atoms with Gasteiger partial charge in [-0.3, -0.25) is 0 Å². The van der Waals surface area contributed by atoms with Gasteiger partial charge in [0.15, 0.2) is 0 Å². The third-order valence-corrected chi connectivity index (χ3v) is 15.5. The maximum Gasteiger partial charge on any atom is 0.0612 e. The van der Waals surface area contributed by atoms with Crippen molar-refractivity contribution in [3.8, 4) is 0 Å². The van der Waals surface area contributed by atoms with Crippen LogP contribution in [0.2, 0.25) is 0 Å². The highest BCUT2D eigenvalue weighted by molar-refractivity contribution is 8.05. The van der Waals surface area contributed by atoms with Crippen LogP contribution in [0.1, 0.15) is 0 Å². The molecule has 0 radical (unpaired) electrons. The van der Waals surface area contributed by atoms with Crippen LogP contribution in [0.15, 0.2) is 233 Å². The quantitative estimate of drug-likeness (QED) is 0.164. The Bertz CT molecular complexity index is 2750. The number of hydrogen-bond donors (Lipinski definition) is 0. The lowest BCUT2D eigenvalue weighted by Gasteiger charge is -2.33. The highest BCUT2D eigenvalue weighted by atomic mass is 32.2. The number of hydrogen-bond acceptors (Lipinski definition) is 6. The largest absolute Gasteiger partial charge is 0.309 e. The van der Waals surface area contributed by atoms with Crippen LogP contribution < -0.4 is 9.80 Å². The molecular formula is C50H32N2S4. The molecule has 6 heteroatoms. The minimum Gasteiger partial charge on any atom is -0.309 e. The molecule has 0 spiro atoms. The first-order valence-corrected chi connectivity index (χ1v) is 21.8. The molecule has 0 fully saturated rings. The van der Waals surface area contributed by atoms with E-state index in [4.69, 9.17) is 0 Å². The molecule has 0 saturated heterocycles. The molecule has 2 aliphatic rings. The van der Waals surface area contributed by atoms with Crippen molar-refractivity contribution in [1.29, 1.82) is 0 Å². The lowest BCUT2D eigenvalue weighted by atomic mass is 10.1. The van der Waals surface area contributed by atoms with Gasteiger partial charge in [0.2, 0.25) is 0 Å². The summed E-state index contributed by atoms with van der Waals surface area (Å²) in [6.07, 6.45) is 0. The summed E-state index contributed by atoms with van der Waals surface area (Å²) in [5.41, 5.74) is 6.87. The molecule has 0 aliphatic carbocycles. The standard InChI is InChI=1S/C50H32N2S4/c1-3-17-37-33(13-1)15-9-19-39(37)51(41-21-11-27-47-49(41)55-45-25-7-5-23-43(45)53-47)35-29-31-36(32-30-35)52(40-20-10-16-34-14-2-4-18-38(34)40)42-22-12-28-48-50(42)56-46-26-8-6-24-44(46)54-48/h1-32H. The topological polar surface area (TPSA) is 6.48 Å². The Morgan fingerprint density at radius 2 is 0.571 bits per heavy atom. The molecule has 2 aliphatic heterocycles. The van der Waals surface area contributed by atoms with Gasteiger partial charge < -0.3 is 9.80 Å². The molecule has 0 saturated carbocycles. The van der Waals surface area contributed by atoms with E-state index in [9.17, 15) is 0 Å². The maximum atomic E-state index is 2.46. The second-order valence-electron chi connectivity index (χ2n) is 13.7. The van der Waals surface area contributed by atoms with Crippen molar-refractivity contribution in [1.82, 2.24) is 0 Å². The summed E-state index contributed by atoms with van der Waals surface area (Å²) in [6, 6.07) is 70.9. The van der Waals surface area contributed by atoms with Crippen LogP contribution in [0.3, 0.4) is 0 Å². The predicted molar refractivity (Wildman–Crippen MR) is 240 cm³/mol. The highest BCUT2D eigenvalue weighted by Gasteiger charge is 2.27. The van der Waals surface area contributed by atoms with E-state index in [1.54, 1.807) is 0 Å². The fourth-order valence-corrected chi connectivity index (χ4v) is 12.5. The minimum atomic E-state index is 1.11. The second kappa shape index (κ2) is 14.2. The molecule has 9 aromatic rings. The van der Waals surface area contributed by atoms with Crippen LogP contribution >= 0.6 is 47.0 Å². The van der Waals surface area contributed by atoms with Crippen LogP contribution in [0, 0.1) is 0 Å². The Morgan fingerprint density at radius 1 is 0.250 bits per heavy atom. The zero-order chi connectivity index (χ0) is 37.0. The molecule has 0 amide bonds. The van der Waals surface area contributed by atoms with Crippen molar-refractivity contribution in [2.75, 3.05) is 9.80 Å². The maximum absolute atomic E-state index is 2.46. The summed E-state index contributed by atoms with van der Waals surface area (Å²) in [5, 5.41) is 4.87. The van der Waals surface area contributed by atoms with E-state index < -0.39 is 0 Å². The SMILES string of the molecule is c1ccc2c(c1)Sc1cccc(N(c3ccc(N(c4cccc5c4Sc4ccccc4S5)c4cccc5ccccc45)cc3)c3cccc4ccccc34)c1S2. The Hall–Kier alpha value is -5.50. The van der Waals surface area contributed by atoms with E-state index in [0.717, 1.165) is 22.7 Å². The minimum absolute atomic E-state index is 1.11. The number of fused-ring (bicyclic) bond motifs is 6. The number of rotatable bonds is 6. The Kier molecular flexibility index (Phi) is 8.58. The van der Waals surface area contributed by atoms with Gasteiger partial charge in [0, 0.05) is 51.5 Å². The van der Waals surface area contributed by atoms with Crippen LogP contribution in [0.25, 0.3) is 21.5 Å². The van der Waals surface area contributed by atoms with Gasteiger partial charge >= 0.3 is 0 Å². The van der Waals surface area contributed by atoms with E-state index >= 15 is 0 Å². The molecule has 56 heavy (non-hydrogen) atoms. The molecule has 2 heterocycles. The molecule has 11 rings (SSSR count). The summed E-state index contributed by atoms with van der Waals surface area (Å²) < 4.78 is 0. The van der Waals surface area contributed by atoms with Crippen molar-refractivity contribution in [3.63, 3.8) is 0 Å². The van der Waals surface area contributed by atoms with E-state index in [0.29, 0.717) is 0 Å². The van der Waals surface area contributed by atoms with Crippen LogP contribution in [-0.2, 0) is 0 Å². The molecule has 266 valence electrons. The molecule has 0 bridgehead atoms. The van der Waals surface area contributed by atoms with Gasteiger partial charge in [0.05, 0.1) is 32.5 Å². The summed E-state index contributed by atoms with van der Waals surface area (Å²) in [4.78, 5) is 15.2. The van der Waals surface area contributed by atoms with Gasteiger partial charge in [-0.25, -0.2) is 0 Å². The first kappa shape index (κ1) is 33.8. The van der Waals surface area contributed by atoms with Crippen molar-refractivity contribution in [2.45, 2.75) is 39.2 Å². The smallest absolute Gasteiger partial charge is 0.0612 e. The normalized spacial score (nSPS) is 12.7. The van der Waals surface area contributed by atoms with Crippen molar-refractivity contribution < 1.29 is 0 Å².